The molecule has 0 bridgehead atoms. The zero-order chi connectivity index (χ0) is 23.4. The standard InChI is InChI=1S/C23H19ClN4O3S2/c1-16-7-5-6-10-20(16)28(33(30,31)19-8-3-2-4-9-19)15-21(29)25-23-27-26-22(32-23)17-11-13-18(24)14-12-17/h2-14H,15H2,1H3,(H,25,27,29). The number of nitrogens with zero attached hydrogens (tertiary/aromatic N) is 3. The van der Waals surface area contributed by atoms with E-state index in [-0.39, 0.29) is 10.0 Å². The molecule has 0 aliphatic rings. The zero-order valence-electron chi connectivity index (χ0n) is 17.5. The van der Waals surface area contributed by atoms with Gasteiger partial charge in [0.25, 0.3) is 10.0 Å². The quantitative estimate of drug-likeness (QED) is 0.387. The Morgan fingerprint density at radius 1 is 0.970 bits per heavy atom. The van der Waals surface area contributed by atoms with Crippen LogP contribution in [0.3, 0.4) is 0 Å². The lowest BCUT2D eigenvalue weighted by Gasteiger charge is -2.25. The Balaban J connectivity index is 1.59. The molecule has 1 N–H and O–H groups in total. The Labute approximate surface area is 200 Å². The van der Waals surface area contributed by atoms with Crippen LogP contribution in [-0.4, -0.2) is 31.1 Å². The van der Waals surface area contributed by atoms with E-state index in [9.17, 15) is 13.2 Å². The van der Waals surface area contributed by atoms with Gasteiger partial charge in [0, 0.05) is 10.6 Å². The average molecular weight is 499 g/mol. The topological polar surface area (TPSA) is 92.3 Å². The van der Waals surface area contributed by atoms with Gasteiger partial charge in [0.05, 0.1) is 10.6 Å². The lowest BCUT2D eigenvalue weighted by molar-refractivity contribution is -0.114. The number of hydrogen-bond donors (Lipinski definition) is 1. The Bertz CT molecular complexity index is 1370. The molecule has 0 saturated heterocycles. The number of aryl methyl sites for hydroxylation is 1. The van der Waals surface area contributed by atoms with Crippen molar-refractivity contribution in [2.24, 2.45) is 0 Å². The summed E-state index contributed by atoms with van der Waals surface area (Å²) < 4.78 is 27.9. The molecule has 1 heterocycles. The molecular formula is C23H19ClN4O3S2. The maximum atomic E-state index is 13.4. The van der Waals surface area contributed by atoms with Gasteiger partial charge in [-0.1, -0.05) is 71.5 Å². The van der Waals surface area contributed by atoms with Gasteiger partial charge >= 0.3 is 0 Å². The molecule has 3 aromatic carbocycles. The van der Waals surface area contributed by atoms with Crippen LogP contribution in [-0.2, 0) is 14.8 Å². The number of amides is 1. The van der Waals surface area contributed by atoms with E-state index in [0.717, 1.165) is 15.4 Å². The summed E-state index contributed by atoms with van der Waals surface area (Å²) in [5.41, 5.74) is 1.96. The monoisotopic (exact) mass is 498 g/mol. The highest BCUT2D eigenvalue weighted by Gasteiger charge is 2.28. The normalized spacial score (nSPS) is 11.2. The zero-order valence-corrected chi connectivity index (χ0v) is 19.9. The summed E-state index contributed by atoms with van der Waals surface area (Å²) in [5.74, 6) is -0.531. The fourth-order valence-electron chi connectivity index (χ4n) is 3.13. The van der Waals surface area contributed by atoms with Crippen molar-refractivity contribution >= 4 is 49.7 Å². The van der Waals surface area contributed by atoms with Crippen LogP contribution in [0.1, 0.15) is 5.56 Å². The Kier molecular flexibility index (Phi) is 6.73. The second kappa shape index (κ2) is 9.70. The highest BCUT2D eigenvalue weighted by molar-refractivity contribution is 7.92. The molecule has 1 aromatic heterocycles. The van der Waals surface area contributed by atoms with E-state index < -0.39 is 22.5 Å². The first-order chi connectivity index (χ1) is 15.8. The van der Waals surface area contributed by atoms with Crippen LogP contribution in [0.5, 0.6) is 0 Å². The van der Waals surface area contributed by atoms with Crippen LogP contribution >= 0.6 is 22.9 Å². The van der Waals surface area contributed by atoms with Crippen molar-refractivity contribution in [2.75, 3.05) is 16.2 Å². The summed E-state index contributed by atoms with van der Waals surface area (Å²) in [6.07, 6.45) is 0. The van der Waals surface area contributed by atoms with Crippen LogP contribution < -0.4 is 9.62 Å². The first-order valence-corrected chi connectivity index (χ1v) is 12.5. The van der Waals surface area contributed by atoms with Gasteiger partial charge in [0.1, 0.15) is 11.6 Å². The highest BCUT2D eigenvalue weighted by atomic mass is 35.5. The maximum absolute atomic E-state index is 13.4. The lowest BCUT2D eigenvalue weighted by atomic mass is 10.2. The number of para-hydroxylation sites is 1. The second-order valence-corrected chi connectivity index (χ2v) is 10.4. The van der Waals surface area contributed by atoms with Crippen molar-refractivity contribution in [3.63, 3.8) is 0 Å². The molecular weight excluding hydrogens is 480 g/mol. The molecule has 10 heteroatoms. The summed E-state index contributed by atoms with van der Waals surface area (Å²) in [6.45, 7) is 1.38. The van der Waals surface area contributed by atoms with Crippen LogP contribution in [0.15, 0.2) is 83.8 Å². The smallest absolute Gasteiger partial charge is 0.264 e. The van der Waals surface area contributed by atoms with Gasteiger partial charge in [-0.15, -0.1) is 10.2 Å². The van der Waals surface area contributed by atoms with E-state index in [0.29, 0.717) is 15.7 Å². The minimum absolute atomic E-state index is 0.0991. The minimum atomic E-state index is -3.98. The number of rotatable bonds is 7. The van der Waals surface area contributed by atoms with E-state index in [1.165, 1.54) is 23.5 Å². The number of halogens is 1. The molecule has 0 unspecified atom stereocenters. The third kappa shape index (κ3) is 5.22. The molecule has 0 fully saturated rings. The Morgan fingerprint density at radius 2 is 1.64 bits per heavy atom. The molecule has 7 nitrogen and oxygen atoms in total. The Morgan fingerprint density at radius 3 is 2.33 bits per heavy atom. The summed E-state index contributed by atoms with van der Waals surface area (Å²) in [7, 11) is -3.98. The van der Waals surface area contributed by atoms with Crippen molar-refractivity contribution in [3.05, 3.63) is 89.4 Å². The first-order valence-electron chi connectivity index (χ1n) is 9.87. The van der Waals surface area contributed by atoms with Gasteiger partial charge in [-0.25, -0.2) is 8.42 Å². The van der Waals surface area contributed by atoms with E-state index in [2.05, 4.69) is 15.5 Å². The van der Waals surface area contributed by atoms with E-state index in [1.807, 2.05) is 6.07 Å². The van der Waals surface area contributed by atoms with Gasteiger partial charge in [0.15, 0.2) is 0 Å². The van der Waals surface area contributed by atoms with Crippen molar-refractivity contribution < 1.29 is 13.2 Å². The fraction of sp³-hybridized carbons (Fsp3) is 0.0870. The molecule has 0 saturated carbocycles. The molecule has 33 heavy (non-hydrogen) atoms. The molecule has 0 radical (unpaired) electrons. The summed E-state index contributed by atoms with van der Waals surface area (Å²) in [5, 5.41) is 12.2. The maximum Gasteiger partial charge on any atom is 0.264 e. The van der Waals surface area contributed by atoms with E-state index >= 15 is 0 Å². The predicted octanol–water partition coefficient (Wildman–Crippen LogP) is 5.00. The molecule has 0 aliphatic heterocycles. The van der Waals surface area contributed by atoms with Crippen LogP contribution in [0.25, 0.3) is 10.6 Å². The number of sulfonamides is 1. The molecule has 0 aliphatic carbocycles. The second-order valence-electron chi connectivity index (χ2n) is 7.08. The SMILES string of the molecule is Cc1ccccc1N(CC(=O)Nc1nnc(-c2ccc(Cl)cc2)s1)S(=O)(=O)c1ccccc1. The first kappa shape index (κ1) is 22.9. The molecule has 1 amide bonds. The molecule has 4 aromatic rings. The van der Waals surface area contributed by atoms with Gasteiger partial charge in [0.2, 0.25) is 11.0 Å². The third-order valence-electron chi connectivity index (χ3n) is 4.77. The summed E-state index contributed by atoms with van der Waals surface area (Å²) in [6, 6.07) is 22.1. The van der Waals surface area contributed by atoms with Gasteiger partial charge in [-0.05, 0) is 42.8 Å². The number of hydrogen-bond acceptors (Lipinski definition) is 6. The van der Waals surface area contributed by atoms with E-state index in [4.69, 9.17) is 11.6 Å². The van der Waals surface area contributed by atoms with Crippen LogP contribution in [0, 0.1) is 6.92 Å². The van der Waals surface area contributed by atoms with Crippen molar-refractivity contribution in [2.45, 2.75) is 11.8 Å². The van der Waals surface area contributed by atoms with Crippen molar-refractivity contribution in [1.29, 1.82) is 0 Å². The number of benzene rings is 3. The highest BCUT2D eigenvalue weighted by Crippen LogP contribution is 2.29. The molecule has 4 rings (SSSR count). The number of nitrogens with one attached hydrogen (secondary N) is 1. The molecule has 0 spiro atoms. The van der Waals surface area contributed by atoms with Gasteiger partial charge < -0.3 is 0 Å². The number of anilines is 2. The number of carbonyl (C=O) groups excluding carboxylic acids is 1. The van der Waals surface area contributed by atoms with Crippen LogP contribution in [0.4, 0.5) is 10.8 Å². The van der Waals surface area contributed by atoms with Crippen LogP contribution in [0.2, 0.25) is 5.02 Å². The average Bonchev–Trinajstić information content (AvgIpc) is 3.27. The Hall–Kier alpha value is -3.27. The molecule has 168 valence electrons. The third-order valence-corrected chi connectivity index (χ3v) is 7.68. The lowest BCUT2D eigenvalue weighted by Crippen LogP contribution is -2.38. The predicted molar refractivity (Wildman–Crippen MR) is 131 cm³/mol. The number of carbonyl (C=O) groups is 1. The molecule has 0 atom stereocenters. The van der Waals surface area contributed by atoms with Gasteiger partial charge in [-0.3, -0.25) is 14.4 Å². The van der Waals surface area contributed by atoms with Crippen molar-refractivity contribution in [3.8, 4) is 10.6 Å². The van der Waals surface area contributed by atoms with E-state index in [1.54, 1.807) is 67.6 Å². The fourth-order valence-corrected chi connectivity index (χ4v) is 5.53. The summed E-state index contributed by atoms with van der Waals surface area (Å²) in [4.78, 5) is 13.0. The number of aromatic nitrogens is 2. The van der Waals surface area contributed by atoms with Gasteiger partial charge in [-0.2, -0.15) is 0 Å². The van der Waals surface area contributed by atoms with Crippen molar-refractivity contribution in [1.82, 2.24) is 10.2 Å². The largest absolute Gasteiger partial charge is 0.299 e. The summed E-state index contributed by atoms with van der Waals surface area (Å²) >= 11 is 7.11. The minimum Gasteiger partial charge on any atom is -0.299 e.